The van der Waals surface area contributed by atoms with Crippen LogP contribution in [0.25, 0.3) is 0 Å². The monoisotopic (exact) mass is 167 g/mol. The molecule has 0 aliphatic heterocycles. The molecule has 0 spiro atoms. The molecule has 0 amide bonds. The summed E-state index contributed by atoms with van der Waals surface area (Å²) in [5.74, 6) is -0.833. The van der Waals surface area contributed by atoms with Gasteiger partial charge in [0.2, 0.25) is 0 Å². The summed E-state index contributed by atoms with van der Waals surface area (Å²) >= 11 is 0.792. The van der Waals surface area contributed by atoms with E-state index >= 15 is 0 Å². The van der Waals surface area contributed by atoms with Crippen molar-refractivity contribution >= 4 is 10.3 Å². The van der Waals surface area contributed by atoms with Crippen molar-refractivity contribution < 1.29 is 33.0 Å². The molecule has 0 unspecified atom stereocenters. The van der Waals surface area contributed by atoms with Gasteiger partial charge in [-0.15, -0.1) is 0 Å². The first-order valence-electron chi connectivity index (χ1n) is 1.99. The summed E-state index contributed by atoms with van der Waals surface area (Å²) in [5, 5.41) is 7.42. The van der Waals surface area contributed by atoms with Crippen molar-refractivity contribution in [3.8, 4) is 0 Å². The molecule has 0 rings (SSSR count). The minimum absolute atomic E-state index is 0.292. The van der Waals surface area contributed by atoms with Crippen molar-refractivity contribution in [1.29, 1.82) is 0 Å². The first-order chi connectivity index (χ1) is 3.46. The van der Waals surface area contributed by atoms with Gasteiger partial charge < -0.3 is 5.11 Å². The van der Waals surface area contributed by atoms with Crippen LogP contribution in [0.3, 0.4) is 0 Å². The predicted molar refractivity (Wildman–Crippen MR) is 24.0 cm³/mol. The van der Waals surface area contributed by atoms with Crippen LogP contribution < -0.4 is 0 Å². The van der Waals surface area contributed by atoms with Crippen LogP contribution in [0.2, 0.25) is 0 Å². The Labute approximate surface area is 57.8 Å². The van der Waals surface area contributed by atoms with E-state index in [4.69, 9.17) is 9.90 Å². The molecule has 0 aromatic carbocycles. The molecule has 0 fully saturated rings. The average Bonchev–Trinajstić information content (AvgIpc) is 1.25. The zero-order valence-electron chi connectivity index (χ0n) is 4.97. The van der Waals surface area contributed by atoms with Crippen LogP contribution in [0.15, 0.2) is 0 Å². The van der Waals surface area contributed by atoms with Gasteiger partial charge in [-0.1, -0.05) is 0 Å². The Morgan fingerprint density at radius 3 is 1.38 bits per heavy atom. The molecular formula is C4H7O3Zn. The fraction of sp³-hybridized carbons (Fsp3) is 0.500. The van der Waals surface area contributed by atoms with Gasteiger partial charge in [-0.2, -0.15) is 0 Å². The van der Waals surface area contributed by atoms with Gasteiger partial charge in [0.25, 0.3) is 5.97 Å². The minimum atomic E-state index is -0.833. The molecule has 0 aromatic heterocycles. The second-order valence-corrected chi connectivity index (χ2v) is 3.31. The fourth-order valence-electron chi connectivity index (χ4n) is 0. The van der Waals surface area contributed by atoms with Gasteiger partial charge in [0.05, 0.1) is 0 Å². The molecule has 0 aromatic rings. The molecule has 0 saturated carbocycles. The second kappa shape index (κ2) is 6.76. The van der Waals surface area contributed by atoms with Gasteiger partial charge in [0.15, 0.2) is 0 Å². The molecule has 0 heterocycles. The molecule has 0 radical (unpaired) electrons. The number of rotatable bonds is 0. The van der Waals surface area contributed by atoms with Crippen LogP contribution in [-0.2, 0) is 27.9 Å². The number of hydrogen-bond acceptors (Lipinski definition) is 2. The summed E-state index contributed by atoms with van der Waals surface area (Å²) in [6.07, 6.45) is 0. The molecule has 8 heavy (non-hydrogen) atoms. The fourth-order valence-corrected chi connectivity index (χ4v) is 0. The first-order valence-corrected chi connectivity index (χ1v) is 3.47. The van der Waals surface area contributed by atoms with E-state index < -0.39 is 5.97 Å². The van der Waals surface area contributed by atoms with Gasteiger partial charge in [-0.05, 0) is 0 Å². The van der Waals surface area contributed by atoms with Gasteiger partial charge in [-0.25, -0.2) is 0 Å². The Hall–Kier alpha value is -0.237. The normalized spacial score (nSPS) is 6.50. The van der Waals surface area contributed by atoms with Crippen LogP contribution >= 0.6 is 0 Å². The SMILES string of the molecule is CC(=O)O.C[C](=O)[Zn]. The van der Waals surface area contributed by atoms with E-state index in [0.29, 0.717) is 4.38 Å². The van der Waals surface area contributed by atoms with E-state index in [1.165, 1.54) is 0 Å². The van der Waals surface area contributed by atoms with Crippen LogP contribution in [0.1, 0.15) is 13.8 Å². The average molecular weight is 168 g/mol. The first kappa shape index (κ1) is 10.7. The van der Waals surface area contributed by atoms with Crippen LogP contribution in [-0.4, -0.2) is 15.5 Å². The van der Waals surface area contributed by atoms with Gasteiger partial charge in [-0.3, -0.25) is 4.79 Å². The number of carboxylic acids is 1. The van der Waals surface area contributed by atoms with Gasteiger partial charge in [0, 0.05) is 6.92 Å². The molecule has 0 atom stereocenters. The van der Waals surface area contributed by atoms with E-state index in [1.54, 1.807) is 6.92 Å². The van der Waals surface area contributed by atoms with Crippen LogP contribution in [0.5, 0.6) is 0 Å². The molecule has 0 saturated heterocycles. The molecule has 0 bridgehead atoms. The Morgan fingerprint density at radius 1 is 1.38 bits per heavy atom. The summed E-state index contributed by atoms with van der Waals surface area (Å²) in [6.45, 7) is 2.67. The molecule has 43 valence electrons. The molecule has 4 heteroatoms. The van der Waals surface area contributed by atoms with Gasteiger partial charge >= 0.3 is 34.4 Å². The molecule has 0 aliphatic carbocycles. The Kier molecular flexibility index (Phi) is 9.04. The molecule has 0 aliphatic rings. The third-order valence-corrected chi connectivity index (χ3v) is 0. The standard InChI is InChI=1S/C2H4O2.C2H3O.Zn/c1-2(3)4;1-2-3;/h1H3,(H,3,4);1H3;. The quantitative estimate of drug-likeness (QED) is 0.525. The van der Waals surface area contributed by atoms with E-state index in [2.05, 4.69) is 0 Å². The topological polar surface area (TPSA) is 54.4 Å². The summed E-state index contributed by atoms with van der Waals surface area (Å²) in [7, 11) is 0. The van der Waals surface area contributed by atoms with Crippen molar-refractivity contribution in [2.24, 2.45) is 0 Å². The summed E-state index contributed by atoms with van der Waals surface area (Å²) in [5.41, 5.74) is 0. The maximum atomic E-state index is 9.50. The third-order valence-electron chi connectivity index (χ3n) is 0. The zero-order valence-corrected chi connectivity index (χ0v) is 7.94. The van der Waals surface area contributed by atoms with Crippen molar-refractivity contribution in [3.63, 3.8) is 0 Å². The Bertz CT molecular complexity index is 69.3. The maximum absolute atomic E-state index is 9.50. The summed E-state index contributed by atoms with van der Waals surface area (Å²) < 4.78 is 0.292. The second-order valence-electron chi connectivity index (χ2n) is 1.22. The van der Waals surface area contributed by atoms with Crippen molar-refractivity contribution in [3.05, 3.63) is 0 Å². The predicted octanol–water partition coefficient (Wildman–Crippen LogP) is 0.171. The van der Waals surface area contributed by atoms with Crippen molar-refractivity contribution in [2.75, 3.05) is 0 Å². The number of aliphatic carboxylic acids is 1. The Balaban J connectivity index is 0. The summed E-state index contributed by atoms with van der Waals surface area (Å²) in [6, 6.07) is 0. The molecular weight excluding hydrogens is 161 g/mol. The van der Waals surface area contributed by atoms with Crippen LogP contribution in [0.4, 0.5) is 0 Å². The van der Waals surface area contributed by atoms with Crippen molar-refractivity contribution in [1.82, 2.24) is 0 Å². The van der Waals surface area contributed by atoms with E-state index in [0.717, 1.165) is 25.2 Å². The zero-order chi connectivity index (χ0) is 7.15. The van der Waals surface area contributed by atoms with Crippen LogP contribution in [0, 0.1) is 0 Å². The number of carbonyl (C=O) groups excluding carboxylic acids is 1. The molecule has 3 nitrogen and oxygen atoms in total. The van der Waals surface area contributed by atoms with E-state index in [9.17, 15) is 4.79 Å². The van der Waals surface area contributed by atoms with Crippen molar-refractivity contribution in [2.45, 2.75) is 13.8 Å². The number of carbonyl (C=O) groups is 2. The van der Waals surface area contributed by atoms with Gasteiger partial charge in [0.1, 0.15) is 0 Å². The van der Waals surface area contributed by atoms with E-state index in [-0.39, 0.29) is 0 Å². The molecule has 1 N–H and O–H groups in total. The number of carboxylic acid groups (broad SMARTS) is 1. The third kappa shape index (κ3) is 2340. The van der Waals surface area contributed by atoms with E-state index in [1.807, 2.05) is 0 Å². The number of hydrogen-bond donors (Lipinski definition) is 1. The Morgan fingerprint density at radius 2 is 1.38 bits per heavy atom. The summed E-state index contributed by atoms with van der Waals surface area (Å²) in [4.78, 5) is 18.5.